The van der Waals surface area contributed by atoms with Crippen molar-refractivity contribution in [1.29, 1.82) is 0 Å². The van der Waals surface area contributed by atoms with Gasteiger partial charge in [-0.2, -0.15) is 0 Å². The molecular weight excluding hydrogens is 320 g/mol. The van der Waals surface area contributed by atoms with E-state index < -0.39 is 0 Å². The number of aromatic nitrogens is 2. The van der Waals surface area contributed by atoms with Gasteiger partial charge in [0.15, 0.2) is 0 Å². The summed E-state index contributed by atoms with van der Waals surface area (Å²) in [5, 5.41) is 0. The first-order chi connectivity index (χ1) is 11.8. The van der Waals surface area contributed by atoms with Crippen LogP contribution in [0.5, 0.6) is 0 Å². The van der Waals surface area contributed by atoms with Crippen molar-refractivity contribution < 1.29 is 4.79 Å². The number of anilines is 1. The zero-order chi connectivity index (χ0) is 16.6. The minimum Gasteiger partial charge on any atom is -0.267 e. The van der Waals surface area contributed by atoms with Crippen LogP contribution in [0.15, 0.2) is 78.0 Å². The zero-order valence-electron chi connectivity index (χ0n) is 12.8. The third-order valence-electron chi connectivity index (χ3n) is 3.22. The van der Waals surface area contributed by atoms with Crippen molar-refractivity contribution in [3.63, 3.8) is 0 Å². The Hall–Kier alpha value is -2.86. The van der Waals surface area contributed by atoms with Gasteiger partial charge in [-0.1, -0.05) is 30.3 Å². The Balaban J connectivity index is 1.53. The highest BCUT2D eigenvalue weighted by Gasteiger charge is 2.05. The molecule has 0 aliphatic carbocycles. The molecule has 2 aromatic carbocycles. The van der Waals surface area contributed by atoms with Gasteiger partial charge >= 0.3 is 0 Å². The molecule has 24 heavy (non-hydrogen) atoms. The lowest BCUT2D eigenvalue weighted by atomic mass is 10.2. The van der Waals surface area contributed by atoms with Crippen molar-refractivity contribution in [2.45, 2.75) is 10.6 Å². The maximum atomic E-state index is 12.1. The number of carbonyl (C=O) groups excluding carboxylic acids is 1. The first-order valence-corrected chi connectivity index (χ1v) is 8.40. The molecular formula is C18H16N4OS. The molecule has 0 unspecified atom stereocenters. The van der Waals surface area contributed by atoms with Crippen LogP contribution in [0.25, 0.3) is 0 Å². The lowest BCUT2D eigenvalue weighted by molar-refractivity contribution is 0.0962. The molecule has 0 bridgehead atoms. The van der Waals surface area contributed by atoms with Gasteiger partial charge in [-0.15, -0.1) is 11.8 Å². The Labute approximate surface area is 144 Å². The number of hydrogen-bond donors (Lipinski definition) is 2. The lowest BCUT2D eigenvalue weighted by Gasteiger charge is -2.07. The van der Waals surface area contributed by atoms with E-state index in [-0.39, 0.29) is 5.91 Å². The molecule has 0 radical (unpaired) electrons. The van der Waals surface area contributed by atoms with Crippen LogP contribution in [0, 0.1) is 0 Å². The summed E-state index contributed by atoms with van der Waals surface area (Å²) in [4.78, 5) is 21.1. The molecule has 1 heterocycles. The van der Waals surface area contributed by atoms with E-state index in [0.717, 1.165) is 10.6 Å². The minimum absolute atomic E-state index is 0.234. The van der Waals surface area contributed by atoms with Gasteiger partial charge in [0.05, 0.1) is 0 Å². The van der Waals surface area contributed by atoms with Crippen molar-refractivity contribution in [3.05, 3.63) is 84.2 Å². The van der Waals surface area contributed by atoms with E-state index in [1.807, 2.05) is 30.3 Å². The van der Waals surface area contributed by atoms with E-state index in [1.54, 1.807) is 42.4 Å². The highest BCUT2D eigenvalue weighted by Crippen LogP contribution is 2.22. The number of nitrogens with zero attached hydrogens (tertiary/aromatic N) is 2. The van der Waals surface area contributed by atoms with Gasteiger partial charge in [-0.3, -0.25) is 15.6 Å². The van der Waals surface area contributed by atoms with E-state index in [9.17, 15) is 4.79 Å². The third-order valence-corrected chi connectivity index (χ3v) is 4.30. The van der Waals surface area contributed by atoms with E-state index in [4.69, 9.17) is 0 Å². The largest absolute Gasteiger partial charge is 0.269 e. The summed E-state index contributed by atoms with van der Waals surface area (Å²) in [7, 11) is 0. The zero-order valence-corrected chi connectivity index (χ0v) is 13.7. The Morgan fingerprint density at radius 3 is 2.33 bits per heavy atom. The summed E-state index contributed by atoms with van der Waals surface area (Å²) in [6, 6.07) is 19.5. The third kappa shape index (κ3) is 4.57. The normalized spacial score (nSPS) is 10.2. The molecule has 0 saturated carbocycles. The molecule has 0 fully saturated rings. The average Bonchev–Trinajstić information content (AvgIpc) is 2.66. The van der Waals surface area contributed by atoms with Gasteiger partial charge in [-0.25, -0.2) is 9.97 Å². The maximum Gasteiger partial charge on any atom is 0.269 e. The predicted molar refractivity (Wildman–Crippen MR) is 95.6 cm³/mol. The summed E-state index contributed by atoms with van der Waals surface area (Å²) in [5.74, 6) is 1.02. The van der Waals surface area contributed by atoms with Gasteiger partial charge in [0.25, 0.3) is 5.91 Å². The SMILES string of the molecule is O=C(NNc1ncccn1)c1ccc(SCc2ccccc2)cc1. The van der Waals surface area contributed by atoms with Gasteiger partial charge in [0.2, 0.25) is 5.95 Å². The van der Waals surface area contributed by atoms with Crippen LogP contribution in [-0.4, -0.2) is 15.9 Å². The van der Waals surface area contributed by atoms with Crippen molar-refractivity contribution in [1.82, 2.24) is 15.4 Å². The minimum atomic E-state index is -0.234. The van der Waals surface area contributed by atoms with Crippen molar-refractivity contribution in [2.75, 3.05) is 5.43 Å². The van der Waals surface area contributed by atoms with Crippen LogP contribution in [0.3, 0.4) is 0 Å². The molecule has 120 valence electrons. The summed E-state index contributed by atoms with van der Waals surface area (Å²) >= 11 is 1.74. The molecule has 1 amide bonds. The molecule has 3 aromatic rings. The molecule has 1 aromatic heterocycles. The fraction of sp³-hybridized carbons (Fsp3) is 0.0556. The predicted octanol–water partition coefficient (Wildman–Crippen LogP) is 3.53. The van der Waals surface area contributed by atoms with Crippen LogP contribution < -0.4 is 10.9 Å². The molecule has 3 rings (SSSR count). The number of hydrazine groups is 1. The topological polar surface area (TPSA) is 66.9 Å². The summed E-state index contributed by atoms with van der Waals surface area (Å²) in [5.41, 5.74) is 7.10. The number of nitrogens with one attached hydrogen (secondary N) is 2. The Morgan fingerprint density at radius 1 is 0.917 bits per heavy atom. The number of thioether (sulfide) groups is 1. The molecule has 0 saturated heterocycles. The smallest absolute Gasteiger partial charge is 0.267 e. The van der Waals surface area contributed by atoms with Crippen LogP contribution in [0.2, 0.25) is 0 Å². The van der Waals surface area contributed by atoms with Crippen LogP contribution in [0.4, 0.5) is 5.95 Å². The van der Waals surface area contributed by atoms with Crippen molar-refractivity contribution in [2.24, 2.45) is 0 Å². The standard InChI is InChI=1S/C18H16N4OS/c23-17(21-22-18-19-11-4-12-20-18)15-7-9-16(10-8-15)24-13-14-5-2-1-3-6-14/h1-12H,13H2,(H,21,23)(H,19,20,22). The number of carbonyl (C=O) groups is 1. The molecule has 0 aliphatic rings. The first kappa shape index (κ1) is 16.0. The quantitative estimate of drug-likeness (QED) is 0.532. The first-order valence-electron chi connectivity index (χ1n) is 7.41. The van der Waals surface area contributed by atoms with Crippen LogP contribution in [0.1, 0.15) is 15.9 Å². The monoisotopic (exact) mass is 336 g/mol. The number of benzene rings is 2. The highest BCUT2D eigenvalue weighted by atomic mass is 32.2. The second-order valence-corrected chi connectivity index (χ2v) is 6.00. The van der Waals surface area contributed by atoms with Gasteiger partial charge < -0.3 is 0 Å². The Morgan fingerprint density at radius 2 is 1.62 bits per heavy atom. The molecule has 0 spiro atoms. The van der Waals surface area contributed by atoms with Crippen molar-refractivity contribution in [3.8, 4) is 0 Å². The molecule has 6 heteroatoms. The van der Waals surface area contributed by atoms with Crippen LogP contribution >= 0.6 is 11.8 Å². The van der Waals surface area contributed by atoms with Crippen molar-refractivity contribution >= 4 is 23.6 Å². The second-order valence-electron chi connectivity index (χ2n) is 4.95. The molecule has 2 N–H and O–H groups in total. The van der Waals surface area contributed by atoms with Gasteiger partial charge in [-0.05, 0) is 35.9 Å². The Bertz CT molecular complexity index is 779. The number of amides is 1. The van der Waals surface area contributed by atoms with E-state index in [1.165, 1.54) is 5.56 Å². The van der Waals surface area contributed by atoms with E-state index >= 15 is 0 Å². The summed E-state index contributed by atoms with van der Waals surface area (Å²) in [6.07, 6.45) is 3.19. The average molecular weight is 336 g/mol. The van der Waals surface area contributed by atoms with E-state index in [2.05, 4.69) is 33.0 Å². The lowest BCUT2D eigenvalue weighted by Crippen LogP contribution is -2.30. The molecule has 5 nitrogen and oxygen atoms in total. The number of rotatable bonds is 6. The fourth-order valence-electron chi connectivity index (χ4n) is 1.99. The second kappa shape index (κ2) is 8.12. The van der Waals surface area contributed by atoms with E-state index in [0.29, 0.717) is 11.5 Å². The summed E-state index contributed by atoms with van der Waals surface area (Å²) in [6.45, 7) is 0. The Kier molecular flexibility index (Phi) is 5.42. The maximum absolute atomic E-state index is 12.1. The fourth-order valence-corrected chi connectivity index (χ4v) is 2.85. The summed E-state index contributed by atoms with van der Waals surface area (Å²) < 4.78 is 0. The van der Waals surface area contributed by atoms with Gasteiger partial charge in [0, 0.05) is 28.6 Å². The molecule has 0 aliphatic heterocycles. The number of hydrogen-bond acceptors (Lipinski definition) is 5. The van der Waals surface area contributed by atoms with Crippen LogP contribution in [-0.2, 0) is 5.75 Å². The highest BCUT2D eigenvalue weighted by molar-refractivity contribution is 7.98. The van der Waals surface area contributed by atoms with Gasteiger partial charge in [0.1, 0.15) is 0 Å². The molecule has 0 atom stereocenters.